The van der Waals surface area contributed by atoms with E-state index in [4.69, 9.17) is 0 Å². The topological polar surface area (TPSA) is 93.0 Å². The number of nitrogens with zero attached hydrogens (tertiary/aromatic N) is 6. The molecule has 0 spiro atoms. The number of H-pyrrole nitrogens is 2. The highest BCUT2D eigenvalue weighted by Crippen LogP contribution is 2.29. The molecule has 0 aliphatic rings. The van der Waals surface area contributed by atoms with E-state index in [2.05, 4.69) is 90.0 Å². The van der Waals surface area contributed by atoms with Crippen molar-refractivity contribution < 1.29 is 8.78 Å². The molecule has 0 fully saturated rings. The monoisotopic (exact) mass is 812 g/mol. The predicted molar refractivity (Wildman–Crippen MR) is 157 cm³/mol. The molecule has 6 aromatic rings. The van der Waals surface area contributed by atoms with E-state index in [1.807, 2.05) is 0 Å². The van der Waals surface area contributed by atoms with Gasteiger partial charge in [0, 0.05) is 114 Å². The Labute approximate surface area is 235 Å². The SMILES string of the molecule is Cn1cc(-c2cnc3[nH]cc(I)c3c2F)cn1.Cn1cc(-c2cnc3[nH]ccc3c2F)cn1.II. The van der Waals surface area contributed by atoms with Crippen LogP contribution in [0.3, 0.4) is 0 Å². The second-order valence-corrected chi connectivity index (χ2v) is 8.54. The molecule has 0 amide bonds. The van der Waals surface area contributed by atoms with Gasteiger partial charge in [-0.05, 0) is 28.7 Å². The molecule has 0 unspecified atom stereocenters. The van der Waals surface area contributed by atoms with Crippen LogP contribution >= 0.6 is 59.8 Å². The van der Waals surface area contributed by atoms with Crippen molar-refractivity contribution in [3.8, 4) is 22.3 Å². The Balaban J connectivity index is 0.000000155. The van der Waals surface area contributed by atoms with Crippen LogP contribution in [0.5, 0.6) is 0 Å². The summed E-state index contributed by atoms with van der Waals surface area (Å²) in [6.45, 7) is 0. The molecule has 6 rings (SSSR count). The van der Waals surface area contributed by atoms with Crippen molar-refractivity contribution >= 4 is 81.9 Å². The normalized spacial score (nSPS) is 10.7. The lowest BCUT2D eigenvalue weighted by Crippen LogP contribution is -1.89. The third-order valence-corrected chi connectivity index (χ3v) is 5.99. The molecule has 35 heavy (non-hydrogen) atoms. The second kappa shape index (κ2) is 11.3. The summed E-state index contributed by atoms with van der Waals surface area (Å²) >= 11 is 6.33. The van der Waals surface area contributed by atoms with Crippen LogP contribution in [-0.4, -0.2) is 39.5 Å². The molecule has 0 aliphatic heterocycles. The van der Waals surface area contributed by atoms with E-state index in [-0.39, 0.29) is 11.6 Å². The minimum Gasteiger partial charge on any atom is -0.346 e. The van der Waals surface area contributed by atoms with Gasteiger partial charge in [0.15, 0.2) is 0 Å². The third-order valence-electron chi connectivity index (χ3n) is 5.14. The summed E-state index contributed by atoms with van der Waals surface area (Å²) in [4.78, 5) is 14.2. The molecule has 13 heteroatoms. The maximum Gasteiger partial charge on any atom is 0.144 e. The fourth-order valence-corrected chi connectivity index (χ4v) is 4.17. The summed E-state index contributed by atoms with van der Waals surface area (Å²) in [5, 5.41) is 9.09. The van der Waals surface area contributed by atoms with Crippen molar-refractivity contribution in [1.82, 2.24) is 39.5 Å². The van der Waals surface area contributed by atoms with Crippen molar-refractivity contribution in [1.29, 1.82) is 0 Å². The van der Waals surface area contributed by atoms with Crippen LogP contribution in [0.2, 0.25) is 0 Å². The number of aryl methyl sites for hydroxylation is 2. The van der Waals surface area contributed by atoms with Gasteiger partial charge >= 0.3 is 0 Å². The van der Waals surface area contributed by atoms with Gasteiger partial charge in [0.2, 0.25) is 0 Å². The summed E-state index contributed by atoms with van der Waals surface area (Å²) in [6, 6.07) is 1.68. The van der Waals surface area contributed by atoms with E-state index in [0.717, 1.165) is 14.7 Å². The molecular formula is C22H17F2I3N8. The maximum atomic E-state index is 14.4. The molecule has 0 aromatic carbocycles. The van der Waals surface area contributed by atoms with E-state index >= 15 is 0 Å². The molecule has 0 saturated carbocycles. The van der Waals surface area contributed by atoms with Crippen LogP contribution in [-0.2, 0) is 14.1 Å². The van der Waals surface area contributed by atoms with Crippen LogP contribution < -0.4 is 0 Å². The first-order valence-electron chi connectivity index (χ1n) is 9.97. The van der Waals surface area contributed by atoms with Crippen LogP contribution in [0.4, 0.5) is 8.78 Å². The maximum absolute atomic E-state index is 14.4. The number of nitrogens with one attached hydrogen (secondary N) is 2. The molecular weight excluding hydrogens is 795 g/mol. The number of fused-ring (bicyclic) bond motifs is 2. The number of aromatic nitrogens is 8. The summed E-state index contributed by atoms with van der Waals surface area (Å²) in [5.41, 5.74) is 3.54. The third kappa shape index (κ3) is 5.35. The van der Waals surface area contributed by atoms with Gasteiger partial charge in [0.1, 0.15) is 22.9 Å². The van der Waals surface area contributed by atoms with Crippen LogP contribution in [0.25, 0.3) is 44.3 Å². The highest BCUT2D eigenvalue weighted by atomic mass is 128. The average Bonchev–Trinajstić information content (AvgIpc) is 3.65. The van der Waals surface area contributed by atoms with Gasteiger partial charge in [-0.3, -0.25) is 9.36 Å². The summed E-state index contributed by atoms with van der Waals surface area (Å²) < 4.78 is 32.6. The average molecular weight is 812 g/mol. The van der Waals surface area contributed by atoms with E-state index in [1.165, 1.54) is 12.4 Å². The van der Waals surface area contributed by atoms with Gasteiger partial charge in [-0.2, -0.15) is 10.2 Å². The van der Waals surface area contributed by atoms with Gasteiger partial charge < -0.3 is 9.97 Å². The second-order valence-electron chi connectivity index (χ2n) is 7.38. The molecule has 0 atom stereocenters. The van der Waals surface area contributed by atoms with Crippen molar-refractivity contribution in [2.75, 3.05) is 0 Å². The molecule has 0 saturated heterocycles. The first-order chi connectivity index (χ1) is 16.9. The van der Waals surface area contributed by atoms with Gasteiger partial charge in [0.05, 0.1) is 23.2 Å². The first-order valence-corrected chi connectivity index (χ1v) is 17.3. The van der Waals surface area contributed by atoms with Crippen LogP contribution in [0.15, 0.2) is 55.6 Å². The van der Waals surface area contributed by atoms with E-state index < -0.39 is 0 Å². The summed E-state index contributed by atoms with van der Waals surface area (Å²) in [5.74, 6) is -0.520. The van der Waals surface area contributed by atoms with Crippen LogP contribution in [0.1, 0.15) is 0 Å². The highest BCUT2D eigenvalue weighted by Gasteiger charge is 2.15. The predicted octanol–water partition coefficient (Wildman–Crippen LogP) is 6.58. The van der Waals surface area contributed by atoms with E-state index in [0.29, 0.717) is 33.2 Å². The molecule has 180 valence electrons. The minimum absolute atomic E-state index is 0.256. The molecule has 2 N–H and O–H groups in total. The highest BCUT2D eigenvalue weighted by molar-refractivity contribution is 15.0. The summed E-state index contributed by atoms with van der Waals surface area (Å²) in [7, 11) is 3.59. The number of pyridine rings is 2. The summed E-state index contributed by atoms with van der Waals surface area (Å²) in [6.07, 6.45) is 13.3. The van der Waals surface area contributed by atoms with Crippen molar-refractivity contribution in [3.63, 3.8) is 0 Å². The Morgan fingerprint density at radius 1 is 0.800 bits per heavy atom. The van der Waals surface area contributed by atoms with Crippen molar-refractivity contribution in [3.05, 3.63) is 70.8 Å². The number of hydrogen-bond donors (Lipinski definition) is 2. The number of rotatable bonds is 2. The molecule has 0 bridgehead atoms. The molecule has 8 nitrogen and oxygen atoms in total. The minimum atomic E-state index is -0.265. The van der Waals surface area contributed by atoms with Crippen LogP contribution in [0, 0.1) is 15.2 Å². The standard InChI is InChI=1S/C11H8FIN4.C11H9FN4.I2/c1-17-5-6(2-16-17)7-3-14-11-9(10(7)12)8(13)4-15-11;1-16-6-7(4-15-16)9-5-14-11-8(10(9)12)2-3-13-11;1-2/h2-5H,1H3,(H,14,15);2-6H,1H3,(H,13,14);. The first kappa shape index (κ1) is 25.9. The quantitative estimate of drug-likeness (QED) is 0.194. The molecule has 0 aliphatic carbocycles. The zero-order valence-corrected chi connectivity index (χ0v) is 24.7. The van der Waals surface area contributed by atoms with Crippen molar-refractivity contribution in [2.24, 2.45) is 14.1 Å². The smallest absolute Gasteiger partial charge is 0.144 e. The Bertz CT molecular complexity index is 1600. The Morgan fingerprint density at radius 2 is 1.37 bits per heavy atom. The van der Waals surface area contributed by atoms with Gasteiger partial charge in [-0.25, -0.2) is 18.7 Å². The fraction of sp³-hybridized carbons (Fsp3) is 0.0909. The number of aromatic amines is 2. The lowest BCUT2D eigenvalue weighted by atomic mass is 10.1. The molecule has 0 radical (unpaired) electrons. The van der Waals surface area contributed by atoms with Gasteiger partial charge in [-0.15, -0.1) is 0 Å². The number of halogens is 5. The van der Waals surface area contributed by atoms with Gasteiger partial charge in [-0.1, -0.05) is 0 Å². The Morgan fingerprint density at radius 3 is 1.94 bits per heavy atom. The Hall–Kier alpha value is -2.15. The Kier molecular flexibility index (Phi) is 8.35. The largest absolute Gasteiger partial charge is 0.346 e. The van der Waals surface area contributed by atoms with E-state index in [1.54, 1.807) is 66.7 Å². The lowest BCUT2D eigenvalue weighted by molar-refractivity contribution is 0.641. The fourth-order valence-electron chi connectivity index (χ4n) is 3.52. The lowest BCUT2D eigenvalue weighted by Gasteiger charge is -2.01. The zero-order chi connectivity index (χ0) is 25.1. The zero-order valence-electron chi connectivity index (χ0n) is 18.3. The van der Waals surface area contributed by atoms with Gasteiger partial charge in [0.25, 0.3) is 0 Å². The molecule has 6 aromatic heterocycles. The number of hydrogen-bond acceptors (Lipinski definition) is 4. The molecule has 6 heterocycles. The van der Waals surface area contributed by atoms with E-state index in [9.17, 15) is 8.78 Å². The van der Waals surface area contributed by atoms with Crippen molar-refractivity contribution in [2.45, 2.75) is 0 Å².